The summed E-state index contributed by atoms with van der Waals surface area (Å²) in [5.41, 5.74) is 9.86. The molecule has 0 saturated heterocycles. The van der Waals surface area contributed by atoms with Gasteiger partial charge in [0.25, 0.3) is 5.91 Å². The van der Waals surface area contributed by atoms with E-state index in [9.17, 15) is 4.79 Å². The summed E-state index contributed by atoms with van der Waals surface area (Å²) in [7, 11) is 0. The van der Waals surface area contributed by atoms with E-state index in [2.05, 4.69) is 16.4 Å². The van der Waals surface area contributed by atoms with Gasteiger partial charge in [-0.1, -0.05) is 17.7 Å². The molecule has 3 aromatic rings. The van der Waals surface area contributed by atoms with Crippen molar-refractivity contribution in [3.8, 4) is 11.5 Å². The summed E-state index contributed by atoms with van der Waals surface area (Å²) >= 11 is 0. The van der Waals surface area contributed by atoms with Crippen LogP contribution in [0.4, 0.5) is 11.5 Å². The topological polar surface area (TPSA) is 77.2 Å². The Balaban J connectivity index is 1.70. The van der Waals surface area contributed by atoms with Gasteiger partial charge in [0.05, 0.1) is 5.56 Å². The van der Waals surface area contributed by atoms with E-state index in [0.717, 1.165) is 17.0 Å². The number of nitrogens with two attached hydrogens (primary N) is 1. The van der Waals surface area contributed by atoms with Gasteiger partial charge in [0.1, 0.15) is 17.3 Å². The number of amides is 1. The van der Waals surface area contributed by atoms with Crippen LogP contribution in [0.5, 0.6) is 11.5 Å². The van der Waals surface area contributed by atoms with Crippen molar-refractivity contribution in [3.63, 3.8) is 0 Å². The largest absolute Gasteiger partial charge is 0.457 e. The van der Waals surface area contributed by atoms with Gasteiger partial charge in [0, 0.05) is 11.4 Å². The lowest BCUT2D eigenvalue weighted by Crippen LogP contribution is -2.15. The molecule has 1 heterocycles. The van der Waals surface area contributed by atoms with Gasteiger partial charge in [0.2, 0.25) is 0 Å². The fourth-order valence-electron chi connectivity index (χ4n) is 2.61. The summed E-state index contributed by atoms with van der Waals surface area (Å²) in [6.45, 7) is 5.88. The number of benzene rings is 2. The number of nitrogen functional groups attached to an aromatic ring is 1. The van der Waals surface area contributed by atoms with E-state index in [4.69, 9.17) is 10.5 Å². The number of nitrogens with one attached hydrogen (secondary N) is 1. The van der Waals surface area contributed by atoms with E-state index in [1.165, 1.54) is 5.56 Å². The van der Waals surface area contributed by atoms with E-state index in [0.29, 0.717) is 17.0 Å². The van der Waals surface area contributed by atoms with Gasteiger partial charge in [0.15, 0.2) is 0 Å². The zero-order chi connectivity index (χ0) is 18.7. The Bertz CT molecular complexity index is 950. The van der Waals surface area contributed by atoms with Crippen LogP contribution in [-0.4, -0.2) is 10.9 Å². The maximum absolute atomic E-state index is 12.3. The van der Waals surface area contributed by atoms with Crippen LogP contribution in [0, 0.1) is 20.8 Å². The molecule has 5 heteroatoms. The Morgan fingerprint density at radius 2 is 1.73 bits per heavy atom. The van der Waals surface area contributed by atoms with Gasteiger partial charge in [-0.25, -0.2) is 4.98 Å². The molecule has 0 fully saturated rings. The SMILES string of the molecule is Cc1ccc(Oc2ccc(NC(=O)c3ccc(C)nc3N)cc2)c(C)c1. The summed E-state index contributed by atoms with van der Waals surface area (Å²) in [5, 5.41) is 2.81. The molecular formula is C21H21N3O2. The summed E-state index contributed by atoms with van der Waals surface area (Å²) in [4.78, 5) is 16.4. The van der Waals surface area contributed by atoms with Crippen molar-refractivity contribution in [2.75, 3.05) is 11.1 Å². The molecule has 1 amide bonds. The van der Waals surface area contributed by atoms with E-state index >= 15 is 0 Å². The van der Waals surface area contributed by atoms with Crippen LogP contribution in [0.1, 0.15) is 27.2 Å². The Morgan fingerprint density at radius 1 is 1.00 bits per heavy atom. The summed E-state index contributed by atoms with van der Waals surface area (Å²) in [5.74, 6) is 1.44. The van der Waals surface area contributed by atoms with Crippen molar-refractivity contribution in [1.29, 1.82) is 0 Å². The summed E-state index contributed by atoms with van der Waals surface area (Å²) in [6.07, 6.45) is 0. The smallest absolute Gasteiger partial charge is 0.259 e. The number of carbonyl (C=O) groups is 1. The predicted octanol–water partition coefficient (Wildman–Crippen LogP) is 4.63. The molecule has 5 nitrogen and oxygen atoms in total. The van der Waals surface area contributed by atoms with E-state index in [1.54, 1.807) is 24.3 Å². The van der Waals surface area contributed by atoms with Gasteiger partial charge < -0.3 is 15.8 Å². The fourth-order valence-corrected chi connectivity index (χ4v) is 2.61. The van der Waals surface area contributed by atoms with Crippen molar-refractivity contribution in [3.05, 3.63) is 77.0 Å². The second-order valence-corrected chi connectivity index (χ2v) is 6.23. The molecule has 0 radical (unpaired) electrons. The van der Waals surface area contributed by atoms with Crippen molar-refractivity contribution in [2.45, 2.75) is 20.8 Å². The van der Waals surface area contributed by atoms with Gasteiger partial charge in [-0.05, 0) is 68.8 Å². The van der Waals surface area contributed by atoms with Gasteiger partial charge in [-0.15, -0.1) is 0 Å². The number of hydrogen-bond acceptors (Lipinski definition) is 4. The number of pyridine rings is 1. The normalized spacial score (nSPS) is 10.4. The van der Waals surface area contributed by atoms with Crippen molar-refractivity contribution in [2.24, 2.45) is 0 Å². The molecule has 26 heavy (non-hydrogen) atoms. The monoisotopic (exact) mass is 347 g/mol. The molecule has 132 valence electrons. The Labute approximate surface area is 152 Å². The van der Waals surface area contributed by atoms with Crippen molar-refractivity contribution < 1.29 is 9.53 Å². The lowest BCUT2D eigenvalue weighted by atomic mass is 10.1. The lowest BCUT2D eigenvalue weighted by molar-refractivity contribution is 0.102. The third-order valence-electron chi connectivity index (χ3n) is 3.98. The van der Waals surface area contributed by atoms with E-state index in [1.807, 2.05) is 45.0 Å². The van der Waals surface area contributed by atoms with Crippen LogP contribution >= 0.6 is 0 Å². The molecule has 0 aliphatic carbocycles. The third kappa shape index (κ3) is 4.00. The highest BCUT2D eigenvalue weighted by atomic mass is 16.5. The first-order chi connectivity index (χ1) is 12.4. The van der Waals surface area contributed by atoms with Crippen LogP contribution in [0.15, 0.2) is 54.6 Å². The average molecular weight is 347 g/mol. The van der Waals surface area contributed by atoms with Crippen LogP contribution in [0.25, 0.3) is 0 Å². The first kappa shape index (κ1) is 17.5. The summed E-state index contributed by atoms with van der Waals surface area (Å²) < 4.78 is 5.90. The molecule has 0 aliphatic heterocycles. The number of hydrogen-bond donors (Lipinski definition) is 2. The fraction of sp³-hybridized carbons (Fsp3) is 0.143. The zero-order valence-electron chi connectivity index (χ0n) is 15.0. The molecule has 0 bridgehead atoms. The number of rotatable bonds is 4. The number of anilines is 2. The minimum absolute atomic E-state index is 0.220. The average Bonchev–Trinajstić information content (AvgIpc) is 2.59. The molecule has 0 saturated carbocycles. The molecule has 0 spiro atoms. The first-order valence-electron chi connectivity index (χ1n) is 8.32. The highest BCUT2D eigenvalue weighted by molar-refractivity contribution is 6.07. The second kappa shape index (κ2) is 7.27. The molecule has 0 aliphatic rings. The van der Waals surface area contributed by atoms with E-state index < -0.39 is 0 Å². The second-order valence-electron chi connectivity index (χ2n) is 6.23. The molecule has 0 atom stereocenters. The Kier molecular flexibility index (Phi) is 4.89. The first-order valence-corrected chi connectivity index (χ1v) is 8.32. The number of carbonyl (C=O) groups excluding carboxylic acids is 1. The number of aryl methyl sites for hydroxylation is 3. The predicted molar refractivity (Wildman–Crippen MR) is 104 cm³/mol. The quantitative estimate of drug-likeness (QED) is 0.721. The summed E-state index contributed by atoms with van der Waals surface area (Å²) in [6, 6.07) is 16.7. The maximum Gasteiger partial charge on any atom is 0.259 e. The minimum Gasteiger partial charge on any atom is -0.457 e. The molecule has 2 aromatic carbocycles. The lowest BCUT2D eigenvalue weighted by Gasteiger charge is -2.11. The van der Waals surface area contributed by atoms with Crippen molar-refractivity contribution in [1.82, 2.24) is 4.98 Å². The maximum atomic E-state index is 12.3. The van der Waals surface area contributed by atoms with Gasteiger partial charge in [-0.2, -0.15) is 0 Å². The van der Waals surface area contributed by atoms with Crippen molar-refractivity contribution >= 4 is 17.4 Å². The van der Waals surface area contributed by atoms with Crippen LogP contribution in [0.2, 0.25) is 0 Å². The Morgan fingerprint density at radius 3 is 2.38 bits per heavy atom. The minimum atomic E-state index is -0.293. The molecule has 0 unspecified atom stereocenters. The van der Waals surface area contributed by atoms with Gasteiger partial charge >= 0.3 is 0 Å². The number of aromatic nitrogens is 1. The number of ether oxygens (including phenoxy) is 1. The molecular weight excluding hydrogens is 326 g/mol. The van der Waals surface area contributed by atoms with Crippen LogP contribution in [-0.2, 0) is 0 Å². The van der Waals surface area contributed by atoms with Crippen LogP contribution < -0.4 is 15.8 Å². The highest BCUT2D eigenvalue weighted by Crippen LogP contribution is 2.27. The molecule has 3 rings (SSSR count). The molecule has 1 aromatic heterocycles. The highest BCUT2D eigenvalue weighted by Gasteiger charge is 2.11. The number of nitrogens with zero attached hydrogens (tertiary/aromatic N) is 1. The zero-order valence-corrected chi connectivity index (χ0v) is 15.0. The molecule has 3 N–H and O–H groups in total. The van der Waals surface area contributed by atoms with Crippen LogP contribution in [0.3, 0.4) is 0 Å². The standard InChI is InChI=1S/C21H21N3O2/c1-13-4-11-19(14(2)12-13)26-17-8-6-16(7-9-17)24-21(25)18-10-5-15(3)23-20(18)22/h4-12H,1-3H3,(H2,22,23)(H,24,25). The van der Waals surface area contributed by atoms with Gasteiger partial charge in [-0.3, -0.25) is 4.79 Å². The Hall–Kier alpha value is -3.34. The van der Waals surface area contributed by atoms with E-state index in [-0.39, 0.29) is 11.7 Å². The third-order valence-corrected chi connectivity index (χ3v) is 3.98.